The number of aryl methyl sites for hydroxylation is 1. The topological polar surface area (TPSA) is 54.2 Å². The summed E-state index contributed by atoms with van der Waals surface area (Å²) in [5.74, 6) is 0.894. The Labute approximate surface area is 97.0 Å². The van der Waals surface area contributed by atoms with Gasteiger partial charge in [0, 0.05) is 38.6 Å². The lowest BCUT2D eigenvalue weighted by molar-refractivity contribution is 0.584. The van der Waals surface area contributed by atoms with Gasteiger partial charge >= 0.3 is 0 Å². The Balaban J connectivity index is 2.22. The fourth-order valence-corrected chi connectivity index (χ4v) is 1.37. The monoisotopic (exact) mass is 223 g/mol. The standard InChI is InChI=1S/C11H21N5/c1-3-12-11(13-4-2)14-7-5-9-16-10-6-8-15-16/h6,8,10H,3-5,7,9H2,1-2H3,(H2,12,13,14). The molecule has 5 nitrogen and oxygen atoms in total. The molecule has 1 rings (SSSR count). The minimum absolute atomic E-state index is 0.815. The Morgan fingerprint density at radius 2 is 2.06 bits per heavy atom. The van der Waals surface area contributed by atoms with Crippen molar-refractivity contribution < 1.29 is 0 Å². The number of nitrogens with zero attached hydrogens (tertiary/aromatic N) is 3. The molecule has 2 N–H and O–H groups in total. The molecule has 0 aromatic carbocycles. The predicted octanol–water partition coefficient (Wildman–Crippen LogP) is 0.848. The number of hydrogen-bond acceptors (Lipinski definition) is 2. The van der Waals surface area contributed by atoms with Crippen molar-refractivity contribution in [3.8, 4) is 0 Å². The van der Waals surface area contributed by atoms with E-state index >= 15 is 0 Å². The van der Waals surface area contributed by atoms with Crippen LogP contribution in [0.15, 0.2) is 23.5 Å². The van der Waals surface area contributed by atoms with Gasteiger partial charge in [0.1, 0.15) is 0 Å². The Morgan fingerprint density at radius 1 is 1.31 bits per heavy atom. The molecular weight excluding hydrogens is 202 g/mol. The van der Waals surface area contributed by atoms with Crippen molar-refractivity contribution in [2.24, 2.45) is 4.99 Å². The molecule has 0 atom stereocenters. The fraction of sp³-hybridized carbons (Fsp3) is 0.636. The van der Waals surface area contributed by atoms with E-state index in [0.717, 1.165) is 38.6 Å². The molecule has 1 aromatic heterocycles. The van der Waals surface area contributed by atoms with Gasteiger partial charge < -0.3 is 10.6 Å². The summed E-state index contributed by atoms with van der Waals surface area (Å²) < 4.78 is 1.93. The summed E-state index contributed by atoms with van der Waals surface area (Å²) >= 11 is 0. The van der Waals surface area contributed by atoms with Crippen molar-refractivity contribution in [3.63, 3.8) is 0 Å². The van der Waals surface area contributed by atoms with Crippen molar-refractivity contribution in [1.82, 2.24) is 20.4 Å². The van der Waals surface area contributed by atoms with E-state index in [4.69, 9.17) is 0 Å². The van der Waals surface area contributed by atoms with Crippen molar-refractivity contribution in [1.29, 1.82) is 0 Å². The second-order valence-electron chi connectivity index (χ2n) is 3.41. The molecule has 0 aliphatic rings. The lowest BCUT2D eigenvalue weighted by Gasteiger charge is -2.08. The average molecular weight is 223 g/mol. The minimum Gasteiger partial charge on any atom is -0.357 e. The van der Waals surface area contributed by atoms with Gasteiger partial charge in [-0.25, -0.2) is 0 Å². The first-order chi connectivity index (χ1) is 7.86. The predicted molar refractivity (Wildman–Crippen MR) is 66.5 cm³/mol. The molecule has 0 amide bonds. The van der Waals surface area contributed by atoms with Crippen LogP contribution in [0, 0.1) is 0 Å². The van der Waals surface area contributed by atoms with Gasteiger partial charge in [-0.3, -0.25) is 9.67 Å². The third-order valence-corrected chi connectivity index (χ3v) is 2.06. The van der Waals surface area contributed by atoms with E-state index in [-0.39, 0.29) is 0 Å². The highest BCUT2D eigenvalue weighted by Gasteiger charge is 1.94. The van der Waals surface area contributed by atoms with Gasteiger partial charge in [-0.2, -0.15) is 5.10 Å². The highest BCUT2D eigenvalue weighted by atomic mass is 15.3. The maximum atomic E-state index is 4.46. The second kappa shape index (κ2) is 7.73. The summed E-state index contributed by atoms with van der Waals surface area (Å²) in [5, 5.41) is 10.5. The quantitative estimate of drug-likeness (QED) is 0.427. The molecule has 0 fully saturated rings. The average Bonchev–Trinajstić information content (AvgIpc) is 2.78. The normalized spacial score (nSPS) is 9.88. The second-order valence-corrected chi connectivity index (χ2v) is 3.41. The van der Waals surface area contributed by atoms with Gasteiger partial charge in [0.15, 0.2) is 5.96 Å². The summed E-state index contributed by atoms with van der Waals surface area (Å²) in [7, 11) is 0. The lowest BCUT2D eigenvalue weighted by Crippen LogP contribution is -2.37. The largest absolute Gasteiger partial charge is 0.357 e. The van der Waals surface area contributed by atoms with E-state index in [1.165, 1.54) is 0 Å². The third-order valence-electron chi connectivity index (χ3n) is 2.06. The summed E-state index contributed by atoms with van der Waals surface area (Å²) in [6, 6.07) is 1.94. The highest BCUT2D eigenvalue weighted by molar-refractivity contribution is 5.79. The van der Waals surface area contributed by atoms with E-state index in [9.17, 15) is 0 Å². The molecule has 0 aliphatic carbocycles. The Bertz CT molecular complexity index is 283. The number of aliphatic imine (C=N–C) groups is 1. The Hall–Kier alpha value is -1.52. The zero-order chi connectivity index (χ0) is 11.6. The smallest absolute Gasteiger partial charge is 0.191 e. The minimum atomic E-state index is 0.815. The SMILES string of the molecule is CCNC(=NCCCn1cccn1)NCC. The molecule has 0 spiro atoms. The highest BCUT2D eigenvalue weighted by Crippen LogP contribution is 1.89. The Kier molecular flexibility index (Phi) is 6.06. The molecule has 0 saturated heterocycles. The molecule has 0 unspecified atom stereocenters. The summed E-state index contributed by atoms with van der Waals surface area (Å²) in [5.41, 5.74) is 0. The van der Waals surface area contributed by atoms with E-state index in [2.05, 4.69) is 34.6 Å². The van der Waals surface area contributed by atoms with E-state index < -0.39 is 0 Å². The molecule has 0 radical (unpaired) electrons. The van der Waals surface area contributed by atoms with Gasteiger partial charge in [0.2, 0.25) is 0 Å². The molecule has 1 heterocycles. The van der Waals surface area contributed by atoms with Gasteiger partial charge in [-0.1, -0.05) is 0 Å². The zero-order valence-electron chi connectivity index (χ0n) is 10.1. The van der Waals surface area contributed by atoms with Crippen LogP contribution >= 0.6 is 0 Å². The van der Waals surface area contributed by atoms with Crippen LogP contribution in [0.4, 0.5) is 0 Å². The molecule has 1 aromatic rings. The van der Waals surface area contributed by atoms with Crippen molar-refractivity contribution in [3.05, 3.63) is 18.5 Å². The number of rotatable bonds is 6. The number of guanidine groups is 1. The van der Waals surface area contributed by atoms with Crippen LogP contribution in [0.3, 0.4) is 0 Å². The maximum absolute atomic E-state index is 4.46. The number of hydrogen-bond donors (Lipinski definition) is 2. The van der Waals surface area contributed by atoms with Crippen molar-refractivity contribution in [2.75, 3.05) is 19.6 Å². The van der Waals surface area contributed by atoms with Crippen LogP contribution in [0.5, 0.6) is 0 Å². The molecule has 0 saturated carbocycles. The van der Waals surface area contributed by atoms with E-state index in [0.29, 0.717) is 0 Å². The first-order valence-corrected chi connectivity index (χ1v) is 5.86. The molecular formula is C11H21N5. The van der Waals surface area contributed by atoms with Crippen LogP contribution in [0.2, 0.25) is 0 Å². The van der Waals surface area contributed by atoms with Gasteiger partial charge in [0.25, 0.3) is 0 Å². The summed E-state index contributed by atoms with van der Waals surface area (Å²) in [6.07, 6.45) is 4.77. The first-order valence-electron chi connectivity index (χ1n) is 5.86. The van der Waals surface area contributed by atoms with E-state index in [1.807, 2.05) is 16.9 Å². The fourth-order valence-electron chi connectivity index (χ4n) is 1.37. The Morgan fingerprint density at radius 3 is 2.62 bits per heavy atom. The molecule has 0 aliphatic heterocycles. The van der Waals surface area contributed by atoms with Crippen LogP contribution in [0.1, 0.15) is 20.3 Å². The van der Waals surface area contributed by atoms with Crippen molar-refractivity contribution in [2.45, 2.75) is 26.8 Å². The maximum Gasteiger partial charge on any atom is 0.191 e. The third kappa shape index (κ3) is 4.82. The molecule has 0 bridgehead atoms. The first kappa shape index (κ1) is 12.5. The van der Waals surface area contributed by atoms with Gasteiger partial charge in [-0.05, 0) is 26.3 Å². The number of nitrogens with one attached hydrogen (secondary N) is 2. The zero-order valence-corrected chi connectivity index (χ0v) is 10.1. The van der Waals surface area contributed by atoms with Crippen LogP contribution in [0.25, 0.3) is 0 Å². The van der Waals surface area contributed by atoms with Crippen LogP contribution in [-0.4, -0.2) is 35.4 Å². The van der Waals surface area contributed by atoms with Gasteiger partial charge in [0.05, 0.1) is 0 Å². The molecule has 5 heteroatoms. The van der Waals surface area contributed by atoms with Gasteiger partial charge in [-0.15, -0.1) is 0 Å². The molecule has 90 valence electrons. The van der Waals surface area contributed by atoms with E-state index in [1.54, 1.807) is 6.20 Å². The van der Waals surface area contributed by atoms with Crippen LogP contribution in [-0.2, 0) is 6.54 Å². The molecule has 16 heavy (non-hydrogen) atoms. The summed E-state index contributed by atoms with van der Waals surface area (Å²) in [4.78, 5) is 4.46. The van der Waals surface area contributed by atoms with Crippen LogP contribution < -0.4 is 10.6 Å². The summed E-state index contributed by atoms with van der Waals surface area (Å²) in [6.45, 7) is 7.65. The lowest BCUT2D eigenvalue weighted by atomic mass is 10.4. The number of aromatic nitrogens is 2. The van der Waals surface area contributed by atoms with Crippen molar-refractivity contribution >= 4 is 5.96 Å².